The van der Waals surface area contributed by atoms with E-state index in [9.17, 15) is 4.79 Å². The van der Waals surface area contributed by atoms with Crippen LogP contribution < -0.4 is 5.32 Å². The van der Waals surface area contributed by atoms with E-state index in [1.165, 1.54) is 0 Å². The Bertz CT molecular complexity index is 338. The van der Waals surface area contributed by atoms with Crippen LogP contribution in [0.2, 0.25) is 0 Å². The Kier molecular flexibility index (Phi) is 2.49. The summed E-state index contributed by atoms with van der Waals surface area (Å²) in [6, 6.07) is 9.36. The Morgan fingerprint density at radius 1 is 1.36 bits per heavy atom. The Hall–Kier alpha value is -1.77. The highest BCUT2D eigenvalue weighted by Crippen LogP contribution is 2.12. The van der Waals surface area contributed by atoms with Crippen LogP contribution >= 0.6 is 0 Å². The van der Waals surface area contributed by atoms with Gasteiger partial charge >= 0.3 is 0 Å². The molecule has 1 atom stereocenters. The van der Waals surface area contributed by atoms with Crippen molar-refractivity contribution in [3.8, 4) is 0 Å². The predicted octanol–water partition coefficient (Wildman–Crippen LogP) is 1.93. The molecule has 72 valence electrons. The lowest BCUT2D eigenvalue weighted by Gasteiger charge is -2.10. The molecule has 1 aromatic carbocycles. The summed E-state index contributed by atoms with van der Waals surface area (Å²) in [4.78, 5) is 11.5. The summed E-state index contributed by atoms with van der Waals surface area (Å²) < 4.78 is 5.09. The predicted molar refractivity (Wildman–Crippen MR) is 53.7 cm³/mol. The number of hydrogen-bond acceptors (Lipinski definition) is 2. The second-order valence-corrected chi connectivity index (χ2v) is 3.09. The number of nitrogens with one attached hydrogen (secondary N) is 1. The lowest BCUT2D eigenvalue weighted by molar-refractivity contribution is -0.123. The van der Waals surface area contributed by atoms with Gasteiger partial charge in [0, 0.05) is 12.1 Å². The van der Waals surface area contributed by atoms with Gasteiger partial charge in [0.1, 0.15) is 0 Å². The zero-order chi connectivity index (χ0) is 9.80. The molecule has 14 heavy (non-hydrogen) atoms. The van der Waals surface area contributed by atoms with Gasteiger partial charge in [0.2, 0.25) is 0 Å². The van der Waals surface area contributed by atoms with Crippen LogP contribution in [0.25, 0.3) is 0 Å². The number of hydrogen-bond donors (Lipinski definition) is 1. The molecule has 0 aromatic heterocycles. The minimum atomic E-state index is -0.366. The summed E-state index contributed by atoms with van der Waals surface area (Å²) in [6.45, 7) is 0. The van der Waals surface area contributed by atoms with Crippen LogP contribution in [0.1, 0.15) is 6.42 Å². The van der Waals surface area contributed by atoms with Crippen LogP contribution in [0.5, 0.6) is 0 Å². The van der Waals surface area contributed by atoms with Crippen molar-refractivity contribution in [2.45, 2.75) is 12.5 Å². The second kappa shape index (κ2) is 3.96. The van der Waals surface area contributed by atoms with Gasteiger partial charge in [-0.05, 0) is 18.2 Å². The van der Waals surface area contributed by atoms with Gasteiger partial charge in [-0.25, -0.2) is 0 Å². The minimum absolute atomic E-state index is 0.0961. The van der Waals surface area contributed by atoms with E-state index in [0.717, 1.165) is 5.69 Å². The largest absolute Gasteiger partial charge is 0.488 e. The number of carbonyl (C=O) groups is 1. The van der Waals surface area contributed by atoms with Gasteiger partial charge < -0.3 is 10.1 Å². The fourth-order valence-electron chi connectivity index (χ4n) is 1.30. The number of carbonyl (C=O) groups excluding carboxylic acids is 1. The van der Waals surface area contributed by atoms with Crippen LogP contribution in [0.15, 0.2) is 42.7 Å². The van der Waals surface area contributed by atoms with Gasteiger partial charge in [-0.1, -0.05) is 18.2 Å². The molecule has 1 aliphatic heterocycles. The van der Waals surface area contributed by atoms with Gasteiger partial charge in [-0.3, -0.25) is 4.79 Å². The van der Waals surface area contributed by atoms with Crippen molar-refractivity contribution < 1.29 is 9.53 Å². The number of benzene rings is 1. The molecule has 0 aliphatic carbocycles. The Labute approximate surface area is 82.4 Å². The molecule has 1 aromatic rings. The summed E-state index contributed by atoms with van der Waals surface area (Å²) in [5, 5.41) is 2.78. The average molecular weight is 189 g/mol. The van der Waals surface area contributed by atoms with Crippen LogP contribution in [0, 0.1) is 0 Å². The minimum Gasteiger partial charge on any atom is -0.488 e. The van der Waals surface area contributed by atoms with Gasteiger partial charge in [0.25, 0.3) is 5.91 Å². The number of ether oxygens (including phenoxy) is 1. The highest BCUT2D eigenvalue weighted by Gasteiger charge is 2.20. The summed E-state index contributed by atoms with van der Waals surface area (Å²) in [7, 11) is 0. The topological polar surface area (TPSA) is 38.3 Å². The SMILES string of the molecule is O=C(Nc1ccccc1)C1CC=CO1. The highest BCUT2D eigenvalue weighted by atomic mass is 16.5. The second-order valence-electron chi connectivity index (χ2n) is 3.09. The number of amides is 1. The maximum Gasteiger partial charge on any atom is 0.265 e. The average Bonchev–Trinajstić information content (AvgIpc) is 2.72. The van der Waals surface area contributed by atoms with Crippen molar-refractivity contribution in [2.75, 3.05) is 5.32 Å². The lowest BCUT2D eigenvalue weighted by atomic mass is 10.2. The third-order valence-corrected chi connectivity index (χ3v) is 2.02. The normalized spacial score (nSPS) is 19.0. The third-order valence-electron chi connectivity index (χ3n) is 2.02. The van der Waals surface area contributed by atoms with E-state index < -0.39 is 0 Å². The first-order valence-corrected chi connectivity index (χ1v) is 4.52. The molecule has 3 heteroatoms. The van der Waals surface area contributed by atoms with E-state index in [0.29, 0.717) is 6.42 Å². The summed E-state index contributed by atoms with van der Waals surface area (Å²) in [5.41, 5.74) is 0.799. The van der Waals surface area contributed by atoms with E-state index in [4.69, 9.17) is 4.74 Å². The molecular formula is C11H11NO2. The number of rotatable bonds is 2. The fraction of sp³-hybridized carbons (Fsp3) is 0.182. The maximum atomic E-state index is 11.5. The van der Waals surface area contributed by atoms with Gasteiger partial charge in [0.15, 0.2) is 6.10 Å². The molecule has 1 unspecified atom stereocenters. The van der Waals surface area contributed by atoms with Crippen molar-refractivity contribution in [2.24, 2.45) is 0 Å². The molecule has 1 N–H and O–H groups in total. The quantitative estimate of drug-likeness (QED) is 0.772. The molecule has 0 bridgehead atoms. The first-order chi connectivity index (χ1) is 6.86. The van der Waals surface area contributed by atoms with Gasteiger partial charge in [-0.15, -0.1) is 0 Å². The maximum absolute atomic E-state index is 11.5. The number of anilines is 1. The van der Waals surface area contributed by atoms with Gasteiger partial charge in [-0.2, -0.15) is 0 Å². The first kappa shape index (κ1) is 8.81. The zero-order valence-electron chi connectivity index (χ0n) is 7.64. The van der Waals surface area contributed by atoms with E-state index in [1.54, 1.807) is 6.26 Å². The van der Waals surface area contributed by atoms with Crippen LogP contribution in [0.4, 0.5) is 5.69 Å². The Morgan fingerprint density at radius 3 is 2.79 bits per heavy atom. The molecule has 1 amide bonds. The molecule has 0 spiro atoms. The van der Waals surface area contributed by atoms with Crippen molar-refractivity contribution in [1.82, 2.24) is 0 Å². The smallest absolute Gasteiger partial charge is 0.265 e. The van der Waals surface area contributed by atoms with Crippen LogP contribution in [-0.2, 0) is 9.53 Å². The summed E-state index contributed by atoms with van der Waals surface area (Å²) >= 11 is 0. The standard InChI is InChI=1S/C11H11NO2/c13-11(10-7-4-8-14-10)12-9-5-2-1-3-6-9/h1-6,8,10H,7H2,(H,12,13). The van der Waals surface area contributed by atoms with E-state index in [2.05, 4.69) is 5.32 Å². The van der Waals surface area contributed by atoms with Crippen LogP contribution in [0.3, 0.4) is 0 Å². The summed E-state index contributed by atoms with van der Waals surface area (Å²) in [5.74, 6) is -0.0961. The van der Waals surface area contributed by atoms with E-state index in [-0.39, 0.29) is 12.0 Å². The van der Waals surface area contributed by atoms with E-state index in [1.807, 2.05) is 36.4 Å². The molecule has 0 saturated carbocycles. The highest BCUT2D eigenvalue weighted by molar-refractivity contribution is 5.94. The molecular weight excluding hydrogens is 178 g/mol. The molecule has 0 radical (unpaired) electrons. The van der Waals surface area contributed by atoms with E-state index >= 15 is 0 Å². The van der Waals surface area contributed by atoms with Crippen LogP contribution in [-0.4, -0.2) is 12.0 Å². The molecule has 1 heterocycles. The molecule has 2 rings (SSSR count). The lowest BCUT2D eigenvalue weighted by Crippen LogP contribution is -2.26. The Morgan fingerprint density at radius 2 is 2.14 bits per heavy atom. The number of para-hydroxylation sites is 1. The molecule has 3 nitrogen and oxygen atoms in total. The summed E-state index contributed by atoms with van der Waals surface area (Å²) in [6.07, 6.45) is 3.69. The zero-order valence-corrected chi connectivity index (χ0v) is 7.64. The first-order valence-electron chi connectivity index (χ1n) is 4.52. The van der Waals surface area contributed by atoms with Gasteiger partial charge in [0.05, 0.1) is 6.26 Å². The Balaban J connectivity index is 1.95. The molecule has 0 saturated heterocycles. The van der Waals surface area contributed by atoms with Crippen molar-refractivity contribution in [1.29, 1.82) is 0 Å². The fourth-order valence-corrected chi connectivity index (χ4v) is 1.30. The third kappa shape index (κ3) is 1.93. The van der Waals surface area contributed by atoms with Crippen molar-refractivity contribution in [3.63, 3.8) is 0 Å². The van der Waals surface area contributed by atoms with Crippen molar-refractivity contribution in [3.05, 3.63) is 42.7 Å². The monoisotopic (exact) mass is 189 g/mol. The molecule has 0 fully saturated rings. The van der Waals surface area contributed by atoms with Crippen molar-refractivity contribution >= 4 is 11.6 Å². The molecule has 1 aliphatic rings.